The van der Waals surface area contributed by atoms with Crippen molar-refractivity contribution in [1.82, 2.24) is 9.78 Å². The number of hydrogen-bond donors (Lipinski definition) is 1. The molecule has 1 aliphatic rings. The number of aromatic nitrogens is 2. The van der Waals surface area contributed by atoms with Crippen LogP contribution in [-0.2, 0) is 17.1 Å². The number of nitrogens with zero attached hydrogens (tertiary/aromatic N) is 2. The monoisotopic (exact) mass is 282 g/mol. The average molecular weight is 282 g/mol. The Morgan fingerprint density at radius 2 is 2.05 bits per heavy atom. The molecular formula is C14H26N2O2Si. The Hall–Kier alpha value is -0.653. The van der Waals surface area contributed by atoms with Crippen LogP contribution in [0.3, 0.4) is 0 Å². The molecule has 0 aliphatic heterocycles. The second-order valence-corrected chi connectivity index (χ2v) is 12.5. The Morgan fingerprint density at radius 1 is 1.37 bits per heavy atom. The number of hydrogen-bond acceptors (Lipinski definition) is 3. The van der Waals surface area contributed by atoms with Crippen LogP contribution in [0.25, 0.3) is 0 Å². The fourth-order valence-corrected chi connectivity index (χ4v) is 3.22. The molecule has 2 rings (SSSR count). The van der Waals surface area contributed by atoms with E-state index in [1.54, 1.807) is 10.9 Å². The molecule has 4 nitrogen and oxygen atoms in total. The van der Waals surface area contributed by atoms with Gasteiger partial charge in [-0.25, -0.2) is 4.68 Å². The first-order chi connectivity index (χ1) is 8.89. The normalized spacial score (nSPS) is 18.9. The third-order valence-corrected chi connectivity index (χ3v) is 5.53. The van der Waals surface area contributed by atoms with Crippen LogP contribution in [0.15, 0.2) is 12.4 Å². The van der Waals surface area contributed by atoms with Gasteiger partial charge >= 0.3 is 0 Å². The van der Waals surface area contributed by atoms with Crippen LogP contribution in [0.5, 0.6) is 0 Å². The second kappa shape index (κ2) is 5.77. The molecule has 0 atom stereocenters. The summed E-state index contributed by atoms with van der Waals surface area (Å²) in [5, 5.41) is 14.7. The third-order valence-electron chi connectivity index (χ3n) is 3.82. The zero-order valence-corrected chi connectivity index (χ0v) is 13.4. The van der Waals surface area contributed by atoms with Crippen LogP contribution in [0, 0.1) is 0 Å². The zero-order chi connectivity index (χ0) is 13.9. The fourth-order valence-electron chi connectivity index (χ4n) is 2.46. The molecule has 0 saturated heterocycles. The van der Waals surface area contributed by atoms with E-state index in [9.17, 15) is 5.11 Å². The molecular weight excluding hydrogens is 256 g/mol. The highest BCUT2D eigenvalue weighted by atomic mass is 28.3. The lowest BCUT2D eigenvalue weighted by atomic mass is 9.96. The average Bonchev–Trinajstić information content (AvgIpc) is 2.93. The van der Waals surface area contributed by atoms with Crippen molar-refractivity contribution in [3.8, 4) is 0 Å². The summed E-state index contributed by atoms with van der Waals surface area (Å²) in [7, 11) is -1.02. The maximum atomic E-state index is 10.5. The van der Waals surface area contributed by atoms with E-state index < -0.39 is 13.7 Å². The van der Waals surface area contributed by atoms with Crippen molar-refractivity contribution >= 4 is 8.07 Å². The Kier molecular flexibility index (Phi) is 4.48. The summed E-state index contributed by atoms with van der Waals surface area (Å²) in [5.74, 6) is 0. The standard InChI is InChI=1S/C14H26N2O2Si/c1-19(2,3)9-8-18-12-16-11-13(10-15-16)14(17)6-4-5-7-14/h10-11,17H,4-9,12H2,1-3H3. The van der Waals surface area contributed by atoms with Crippen molar-refractivity contribution in [2.75, 3.05) is 6.61 Å². The van der Waals surface area contributed by atoms with Crippen LogP contribution >= 0.6 is 0 Å². The first-order valence-corrected chi connectivity index (χ1v) is 10.9. The summed E-state index contributed by atoms with van der Waals surface area (Å²) in [6.07, 6.45) is 7.64. The van der Waals surface area contributed by atoms with E-state index in [4.69, 9.17) is 4.74 Å². The van der Waals surface area contributed by atoms with Gasteiger partial charge in [0, 0.05) is 26.4 Å². The number of aliphatic hydroxyl groups is 1. The van der Waals surface area contributed by atoms with Gasteiger partial charge in [-0.3, -0.25) is 0 Å². The van der Waals surface area contributed by atoms with Crippen molar-refractivity contribution < 1.29 is 9.84 Å². The lowest BCUT2D eigenvalue weighted by molar-refractivity contribution is 0.0436. The Bertz CT molecular complexity index is 406. The highest BCUT2D eigenvalue weighted by molar-refractivity contribution is 6.76. The molecule has 5 heteroatoms. The van der Waals surface area contributed by atoms with Crippen molar-refractivity contribution in [3.05, 3.63) is 18.0 Å². The number of ether oxygens (including phenoxy) is 1. The molecule has 1 fully saturated rings. The summed E-state index contributed by atoms with van der Waals surface area (Å²) in [4.78, 5) is 0. The van der Waals surface area contributed by atoms with Crippen molar-refractivity contribution in [2.45, 2.75) is 63.7 Å². The first-order valence-electron chi connectivity index (χ1n) is 7.22. The molecule has 0 radical (unpaired) electrons. The minimum absolute atomic E-state index is 0.487. The molecule has 1 aromatic rings. The summed E-state index contributed by atoms with van der Waals surface area (Å²) in [6, 6.07) is 1.17. The Morgan fingerprint density at radius 3 is 2.68 bits per heavy atom. The van der Waals surface area contributed by atoms with E-state index in [1.165, 1.54) is 6.04 Å². The molecule has 1 N–H and O–H groups in total. The second-order valence-electron chi connectivity index (χ2n) is 6.86. The predicted octanol–water partition coefficient (Wildman–Crippen LogP) is 2.96. The minimum Gasteiger partial charge on any atom is -0.385 e. The highest BCUT2D eigenvalue weighted by Gasteiger charge is 2.34. The predicted molar refractivity (Wildman–Crippen MR) is 78.7 cm³/mol. The molecule has 0 spiro atoms. The van der Waals surface area contributed by atoms with E-state index in [-0.39, 0.29) is 0 Å². The maximum absolute atomic E-state index is 10.5. The third kappa shape index (κ3) is 4.16. The summed E-state index contributed by atoms with van der Waals surface area (Å²) >= 11 is 0. The summed E-state index contributed by atoms with van der Waals surface area (Å²) in [6.45, 7) is 8.32. The maximum Gasteiger partial charge on any atom is 0.139 e. The molecule has 0 aromatic carbocycles. The van der Waals surface area contributed by atoms with Crippen molar-refractivity contribution in [2.24, 2.45) is 0 Å². The highest BCUT2D eigenvalue weighted by Crippen LogP contribution is 2.38. The van der Waals surface area contributed by atoms with Gasteiger partial charge in [-0.2, -0.15) is 5.10 Å². The van der Waals surface area contributed by atoms with Crippen LogP contribution in [-0.4, -0.2) is 29.6 Å². The summed E-state index contributed by atoms with van der Waals surface area (Å²) in [5.41, 5.74) is 0.301. The summed E-state index contributed by atoms with van der Waals surface area (Å²) < 4.78 is 7.45. The first kappa shape index (κ1) is 14.7. The zero-order valence-electron chi connectivity index (χ0n) is 12.4. The molecule has 1 aromatic heterocycles. The van der Waals surface area contributed by atoms with Gasteiger partial charge in [0.05, 0.1) is 11.8 Å². The van der Waals surface area contributed by atoms with Gasteiger partial charge in [0.25, 0.3) is 0 Å². The minimum atomic E-state index is -1.02. The smallest absolute Gasteiger partial charge is 0.139 e. The van der Waals surface area contributed by atoms with Gasteiger partial charge in [0.15, 0.2) is 0 Å². The van der Waals surface area contributed by atoms with E-state index in [0.29, 0.717) is 6.73 Å². The lowest BCUT2D eigenvalue weighted by Crippen LogP contribution is -2.22. The quantitative estimate of drug-likeness (QED) is 0.644. The van der Waals surface area contributed by atoms with Gasteiger partial charge in [-0.1, -0.05) is 32.5 Å². The van der Waals surface area contributed by atoms with Gasteiger partial charge in [0.2, 0.25) is 0 Å². The number of rotatable bonds is 6. The van der Waals surface area contributed by atoms with Crippen LogP contribution in [0.1, 0.15) is 31.2 Å². The molecule has 1 aliphatic carbocycles. The van der Waals surface area contributed by atoms with Gasteiger partial charge in [-0.15, -0.1) is 0 Å². The molecule has 0 amide bonds. The van der Waals surface area contributed by atoms with Crippen LogP contribution in [0.4, 0.5) is 0 Å². The lowest BCUT2D eigenvalue weighted by Gasteiger charge is -2.19. The van der Waals surface area contributed by atoms with Crippen molar-refractivity contribution in [3.63, 3.8) is 0 Å². The van der Waals surface area contributed by atoms with Crippen LogP contribution in [0.2, 0.25) is 25.7 Å². The Labute approximate surface area is 116 Å². The fraction of sp³-hybridized carbons (Fsp3) is 0.786. The molecule has 108 valence electrons. The molecule has 1 saturated carbocycles. The van der Waals surface area contributed by atoms with Gasteiger partial charge in [-0.05, 0) is 18.9 Å². The molecule has 0 unspecified atom stereocenters. The van der Waals surface area contributed by atoms with E-state index >= 15 is 0 Å². The van der Waals surface area contributed by atoms with E-state index in [0.717, 1.165) is 37.9 Å². The van der Waals surface area contributed by atoms with Gasteiger partial charge < -0.3 is 9.84 Å². The van der Waals surface area contributed by atoms with Gasteiger partial charge in [0.1, 0.15) is 6.73 Å². The topological polar surface area (TPSA) is 47.3 Å². The SMILES string of the molecule is C[Si](C)(C)CCOCn1cc(C2(O)CCCC2)cn1. The molecule has 19 heavy (non-hydrogen) atoms. The van der Waals surface area contributed by atoms with Crippen molar-refractivity contribution in [1.29, 1.82) is 0 Å². The largest absolute Gasteiger partial charge is 0.385 e. The van der Waals surface area contributed by atoms with E-state index in [2.05, 4.69) is 24.7 Å². The van der Waals surface area contributed by atoms with E-state index in [1.807, 2.05) is 6.20 Å². The Balaban J connectivity index is 1.81. The molecule has 1 heterocycles. The molecule has 0 bridgehead atoms. The van der Waals surface area contributed by atoms with Crippen LogP contribution < -0.4 is 0 Å².